The van der Waals surface area contributed by atoms with E-state index in [4.69, 9.17) is 4.74 Å². The van der Waals surface area contributed by atoms with E-state index in [0.717, 1.165) is 23.3 Å². The minimum atomic E-state index is 0.0308. The minimum Gasteiger partial charge on any atom is -0.497 e. The van der Waals surface area contributed by atoms with Crippen LogP contribution in [0.2, 0.25) is 0 Å². The molecule has 1 atom stereocenters. The first-order valence-electron chi connectivity index (χ1n) is 5.60. The van der Waals surface area contributed by atoms with Crippen LogP contribution in [0.15, 0.2) is 18.2 Å². The minimum absolute atomic E-state index is 0.0308. The average Bonchev–Trinajstić information content (AvgIpc) is 2.54. The van der Waals surface area contributed by atoms with Crippen LogP contribution in [0.4, 0.5) is 0 Å². The predicted octanol–water partition coefficient (Wildman–Crippen LogP) is 2.53. The Morgan fingerprint density at radius 3 is 2.81 bits per heavy atom. The normalized spacial score (nSPS) is 18.5. The second kappa shape index (κ2) is 4.16. The van der Waals surface area contributed by atoms with E-state index in [2.05, 4.69) is 19.2 Å². The van der Waals surface area contributed by atoms with Gasteiger partial charge in [-0.3, -0.25) is 4.79 Å². The van der Waals surface area contributed by atoms with Crippen LogP contribution < -0.4 is 10.1 Å². The van der Waals surface area contributed by atoms with Gasteiger partial charge in [-0.2, -0.15) is 0 Å². The number of fused-ring (bicyclic) bond motifs is 1. The first kappa shape index (κ1) is 11.0. The molecule has 1 heterocycles. The standard InChI is InChI=1S/C13H17NO2/c1-8(2)6-12-11-7-9(16-3)4-5-10(11)13(15)14-12/h4-5,7-8,12H,6H2,1-3H3,(H,14,15). The zero-order valence-electron chi connectivity index (χ0n) is 9.91. The van der Waals surface area contributed by atoms with Gasteiger partial charge < -0.3 is 10.1 Å². The largest absolute Gasteiger partial charge is 0.497 e. The van der Waals surface area contributed by atoms with E-state index in [1.165, 1.54) is 0 Å². The molecule has 1 N–H and O–H groups in total. The molecule has 0 spiro atoms. The Morgan fingerprint density at radius 2 is 2.19 bits per heavy atom. The van der Waals surface area contributed by atoms with Crippen LogP contribution in [0, 0.1) is 5.92 Å². The maximum atomic E-state index is 11.7. The van der Waals surface area contributed by atoms with E-state index in [1.807, 2.05) is 18.2 Å². The van der Waals surface area contributed by atoms with Gasteiger partial charge in [-0.15, -0.1) is 0 Å². The van der Waals surface area contributed by atoms with Crippen molar-refractivity contribution in [1.29, 1.82) is 0 Å². The highest BCUT2D eigenvalue weighted by Gasteiger charge is 2.29. The van der Waals surface area contributed by atoms with Gasteiger partial charge in [0.2, 0.25) is 0 Å². The summed E-state index contributed by atoms with van der Waals surface area (Å²) in [7, 11) is 1.64. The Kier molecular flexibility index (Phi) is 2.86. The lowest BCUT2D eigenvalue weighted by atomic mass is 9.97. The summed E-state index contributed by atoms with van der Waals surface area (Å²) in [6.07, 6.45) is 0.964. The average molecular weight is 219 g/mol. The fourth-order valence-electron chi connectivity index (χ4n) is 2.13. The Balaban J connectivity index is 2.34. The van der Waals surface area contributed by atoms with Gasteiger partial charge in [-0.25, -0.2) is 0 Å². The van der Waals surface area contributed by atoms with Crippen LogP contribution in [0.25, 0.3) is 0 Å². The molecule has 1 aromatic carbocycles. The van der Waals surface area contributed by atoms with Crippen molar-refractivity contribution < 1.29 is 9.53 Å². The fraction of sp³-hybridized carbons (Fsp3) is 0.462. The van der Waals surface area contributed by atoms with E-state index in [-0.39, 0.29) is 11.9 Å². The molecule has 0 fully saturated rings. The van der Waals surface area contributed by atoms with Crippen LogP contribution in [0.3, 0.4) is 0 Å². The molecular formula is C13H17NO2. The van der Waals surface area contributed by atoms with Gasteiger partial charge in [-0.05, 0) is 36.1 Å². The number of hydrogen-bond acceptors (Lipinski definition) is 2. The lowest BCUT2D eigenvalue weighted by Gasteiger charge is -2.14. The van der Waals surface area contributed by atoms with Crippen LogP contribution in [0.1, 0.15) is 42.2 Å². The highest BCUT2D eigenvalue weighted by atomic mass is 16.5. The molecule has 0 bridgehead atoms. The number of rotatable bonds is 3. The molecule has 1 unspecified atom stereocenters. The highest BCUT2D eigenvalue weighted by Crippen LogP contribution is 2.32. The summed E-state index contributed by atoms with van der Waals surface area (Å²) in [4.78, 5) is 11.7. The van der Waals surface area contributed by atoms with Crippen molar-refractivity contribution in [3.8, 4) is 5.75 Å². The Labute approximate surface area is 95.8 Å². The van der Waals surface area contributed by atoms with Crippen molar-refractivity contribution in [2.75, 3.05) is 7.11 Å². The van der Waals surface area contributed by atoms with Crippen molar-refractivity contribution in [3.63, 3.8) is 0 Å². The second-order valence-corrected chi connectivity index (χ2v) is 4.61. The van der Waals surface area contributed by atoms with Crippen LogP contribution in [0.5, 0.6) is 5.75 Å². The lowest BCUT2D eigenvalue weighted by molar-refractivity contribution is 0.0953. The number of carbonyl (C=O) groups excluding carboxylic acids is 1. The van der Waals surface area contributed by atoms with E-state index in [1.54, 1.807) is 7.11 Å². The summed E-state index contributed by atoms with van der Waals surface area (Å²) < 4.78 is 5.19. The van der Waals surface area contributed by atoms with Crippen LogP contribution >= 0.6 is 0 Å². The molecule has 1 aliphatic heterocycles. The Hall–Kier alpha value is -1.51. The van der Waals surface area contributed by atoms with Gasteiger partial charge in [0, 0.05) is 5.56 Å². The summed E-state index contributed by atoms with van der Waals surface area (Å²) in [6.45, 7) is 4.31. The molecular weight excluding hydrogens is 202 g/mol. The van der Waals surface area contributed by atoms with Crippen molar-refractivity contribution in [2.24, 2.45) is 5.92 Å². The van der Waals surface area contributed by atoms with Crippen molar-refractivity contribution >= 4 is 5.91 Å². The molecule has 0 saturated heterocycles. The molecule has 3 nitrogen and oxygen atoms in total. The van der Waals surface area contributed by atoms with Gasteiger partial charge in [0.1, 0.15) is 5.75 Å². The van der Waals surface area contributed by atoms with Crippen LogP contribution in [-0.2, 0) is 0 Å². The third kappa shape index (κ3) is 1.90. The van der Waals surface area contributed by atoms with Crippen LogP contribution in [-0.4, -0.2) is 13.0 Å². The number of methoxy groups -OCH3 is 1. The number of benzene rings is 1. The summed E-state index contributed by atoms with van der Waals surface area (Å²) in [5.74, 6) is 1.40. The van der Waals surface area contributed by atoms with E-state index in [9.17, 15) is 4.79 Å². The Bertz CT molecular complexity index is 412. The lowest BCUT2D eigenvalue weighted by Crippen LogP contribution is -2.20. The topological polar surface area (TPSA) is 38.3 Å². The van der Waals surface area contributed by atoms with Crippen molar-refractivity contribution in [1.82, 2.24) is 5.32 Å². The molecule has 3 heteroatoms. The van der Waals surface area contributed by atoms with Crippen molar-refractivity contribution in [2.45, 2.75) is 26.3 Å². The van der Waals surface area contributed by atoms with E-state index in [0.29, 0.717) is 5.92 Å². The fourth-order valence-corrected chi connectivity index (χ4v) is 2.13. The van der Waals surface area contributed by atoms with Crippen molar-refractivity contribution in [3.05, 3.63) is 29.3 Å². The Morgan fingerprint density at radius 1 is 1.44 bits per heavy atom. The first-order valence-corrected chi connectivity index (χ1v) is 5.60. The third-order valence-electron chi connectivity index (χ3n) is 2.89. The number of amides is 1. The molecule has 0 aromatic heterocycles. The smallest absolute Gasteiger partial charge is 0.252 e. The molecule has 0 saturated carbocycles. The molecule has 0 radical (unpaired) electrons. The summed E-state index contributed by atoms with van der Waals surface area (Å²) in [6, 6.07) is 5.76. The molecule has 86 valence electrons. The van der Waals surface area contributed by atoms with Gasteiger partial charge in [0.15, 0.2) is 0 Å². The molecule has 1 aromatic rings. The zero-order chi connectivity index (χ0) is 11.7. The number of ether oxygens (including phenoxy) is 1. The quantitative estimate of drug-likeness (QED) is 0.848. The van der Waals surface area contributed by atoms with E-state index < -0.39 is 0 Å². The van der Waals surface area contributed by atoms with E-state index >= 15 is 0 Å². The third-order valence-corrected chi connectivity index (χ3v) is 2.89. The summed E-state index contributed by atoms with van der Waals surface area (Å²) in [5.41, 5.74) is 1.85. The highest BCUT2D eigenvalue weighted by molar-refractivity contribution is 5.99. The number of hydrogen-bond donors (Lipinski definition) is 1. The monoisotopic (exact) mass is 219 g/mol. The molecule has 16 heavy (non-hydrogen) atoms. The molecule has 0 aliphatic carbocycles. The predicted molar refractivity (Wildman–Crippen MR) is 62.7 cm³/mol. The van der Waals surface area contributed by atoms with Gasteiger partial charge in [0.05, 0.1) is 13.2 Å². The van der Waals surface area contributed by atoms with Gasteiger partial charge >= 0.3 is 0 Å². The molecule has 1 amide bonds. The second-order valence-electron chi connectivity index (χ2n) is 4.61. The first-order chi connectivity index (χ1) is 7.61. The SMILES string of the molecule is COc1ccc2c(c1)C(CC(C)C)NC2=O. The molecule has 2 rings (SSSR count). The maximum Gasteiger partial charge on any atom is 0.252 e. The number of carbonyl (C=O) groups is 1. The zero-order valence-corrected chi connectivity index (χ0v) is 9.91. The van der Waals surface area contributed by atoms with Gasteiger partial charge in [-0.1, -0.05) is 13.8 Å². The van der Waals surface area contributed by atoms with Gasteiger partial charge in [0.25, 0.3) is 5.91 Å². The molecule has 1 aliphatic rings. The number of nitrogens with one attached hydrogen (secondary N) is 1. The summed E-state index contributed by atoms with van der Waals surface area (Å²) in [5, 5.41) is 3.01. The maximum absolute atomic E-state index is 11.7. The summed E-state index contributed by atoms with van der Waals surface area (Å²) >= 11 is 0.